The lowest BCUT2D eigenvalue weighted by molar-refractivity contribution is 0.281. The Balaban J connectivity index is 2.46. The van der Waals surface area contributed by atoms with Crippen LogP contribution in [0.4, 0.5) is 0 Å². The third-order valence-corrected chi connectivity index (χ3v) is 2.89. The summed E-state index contributed by atoms with van der Waals surface area (Å²) in [6.07, 6.45) is 3.81. The molecule has 0 aliphatic rings. The number of hydrogen-bond donors (Lipinski definition) is 1. The van der Waals surface area contributed by atoms with E-state index in [0.29, 0.717) is 6.04 Å². The van der Waals surface area contributed by atoms with Crippen molar-refractivity contribution in [1.82, 2.24) is 9.78 Å². The van der Waals surface area contributed by atoms with E-state index in [0.717, 1.165) is 22.4 Å². The van der Waals surface area contributed by atoms with Gasteiger partial charge in [0.1, 0.15) is 5.75 Å². The Morgan fingerprint density at radius 2 is 2.17 bits per heavy atom. The lowest BCUT2D eigenvalue weighted by Gasteiger charge is -2.08. The molecule has 0 saturated carbocycles. The lowest BCUT2D eigenvalue weighted by Crippen LogP contribution is -1.99. The van der Waals surface area contributed by atoms with Crippen LogP contribution in [0.15, 0.2) is 30.6 Å². The Bertz CT molecular complexity index is 532. The maximum Gasteiger partial charge on any atom is 0.126 e. The third kappa shape index (κ3) is 2.38. The Kier molecular flexibility index (Phi) is 3.67. The molecule has 1 aromatic heterocycles. The van der Waals surface area contributed by atoms with Crippen LogP contribution in [0.25, 0.3) is 11.1 Å². The van der Waals surface area contributed by atoms with Crippen LogP contribution >= 0.6 is 0 Å². The maximum atomic E-state index is 9.20. The number of benzene rings is 1. The fourth-order valence-electron chi connectivity index (χ4n) is 1.84. The standard InChI is InChI=1S/C14H18N2O2/c1-10(2)16-8-12(7-15-16)13-6-11(9-17)4-5-14(13)18-3/h4-8,10,17H,9H2,1-3H3. The molecule has 96 valence electrons. The van der Waals surface area contributed by atoms with Crippen LogP contribution in [0, 0.1) is 0 Å². The molecule has 0 aliphatic heterocycles. The van der Waals surface area contributed by atoms with Gasteiger partial charge in [0.05, 0.1) is 19.9 Å². The normalized spacial score (nSPS) is 10.9. The van der Waals surface area contributed by atoms with E-state index in [9.17, 15) is 5.11 Å². The quantitative estimate of drug-likeness (QED) is 0.902. The number of rotatable bonds is 4. The van der Waals surface area contributed by atoms with Crippen LogP contribution in [-0.4, -0.2) is 22.0 Å². The molecule has 0 atom stereocenters. The molecular formula is C14H18N2O2. The number of ether oxygens (including phenoxy) is 1. The van der Waals surface area contributed by atoms with Gasteiger partial charge in [-0.2, -0.15) is 5.10 Å². The number of methoxy groups -OCH3 is 1. The summed E-state index contributed by atoms with van der Waals surface area (Å²) in [5.41, 5.74) is 2.81. The predicted octanol–water partition coefficient (Wildman–Crippen LogP) is 2.63. The number of aliphatic hydroxyl groups excluding tert-OH is 1. The second-order valence-electron chi connectivity index (χ2n) is 4.50. The summed E-state index contributed by atoms with van der Waals surface area (Å²) in [4.78, 5) is 0. The van der Waals surface area contributed by atoms with Crippen LogP contribution in [-0.2, 0) is 6.61 Å². The van der Waals surface area contributed by atoms with Gasteiger partial charge in [-0.05, 0) is 31.5 Å². The zero-order valence-electron chi connectivity index (χ0n) is 10.9. The highest BCUT2D eigenvalue weighted by atomic mass is 16.5. The Morgan fingerprint density at radius 1 is 1.39 bits per heavy atom. The molecule has 0 amide bonds. The van der Waals surface area contributed by atoms with E-state index < -0.39 is 0 Å². The van der Waals surface area contributed by atoms with Gasteiger partial charge in [0, 0.05) is 23.4 Å². The second kappa shape index (κ2) is 5.23. The minimum absolute atomic E-state index is 0.0231. The van der Waals surface area contributed by atoms with E-state index >= 15 is 0 Å². The molecule has 1 heterocycles. The van der Waals surface area contributed by atoms with Crippen LogP contribution in [0.2, 0.25) is 0 Å². The highest BCUT2D eigenvalue weighted by Crippen LogP contribution is 2.31. The predicted molar refractivity (Wildman–Crippen MR) is 70.5 cm³/mol. The van der Waals surface area contributed by atoms with Crippen molar-refractivity contribution < 1.29 is 9.84 Å². The van der Waals surface area contributed by atoms with Gasteiger partial charge in [-0.25, -0.2) is 0 Å². The summed E-state index contributed by atoms with van der Waals surface area (Å²) in [5, 5.41) is 13.5. The number of aliphatic hydroxyl groups is 1. The first kappa shape index (κ1) is 12.6. The van der Waals surface area contributed by atoms with E-state index in [1.807, 2.05) is 35.3 Å². The second-order valence-corrected chi connectivity index (χ2v) is 4.50. The summed E-state index contributed by atoms with van der Waals surface area (Å²) in [7, 11) is 1.64. The topological polar surface area (TPSA) is 47.3 Å². The summed E-state index contributed by atoms with van der Waals surface area (Å²) < 4.78 is 7.25. The van der Waals surface area contributed by atoms with Crippen LogP contribution in [0.5, 0.6) is 5.75 Å². The van der Waals surface area contributed by atoms with Gasteiger partial charge in [-0.15, -0.1) is 0 Å². The maximum absolute atomic E-state index is 9.20. The fraction of sp³-hybridized carbons (Fsp3) is 0.357. The molecule has 0 unspecified atom stereocenters. The molecule has 2 rings (SSSR count). The average molecular weight is 246 g/mol. The molecule has 4 nitrogen and oxygen atoms in total. The first-order chi connectivity index (χ1) is 8.65. The minimum atomic E-state index is 0.0231. The highest BCUT2D eigenvalue weighted by molar-refractivity contribution is 5.70. The fourth-order valence-corrected chi connectivity index (χ4v) is 1.84. The van der Waals surface area contributed by atoms with Gasteiger partial charge in [-0.3, -0.25) is 4.68 Å². The van der Waals surface area contributed by atoms with Gasteiger partial charge in [0.15, 0.2) is 0 Å². The molecule has 18 heavy (non-hydrogen) atoms. The van der Waals surface area contributed by atoms with E-state index in [2.05, 4.69) is 18.9 Å². The number of hydrogen-bond acceptors (Lipinski definition) is 3. The molecule has 2 aromatic rings. The average Bonchev–Trinajstić information content (AvgIpc) is 2.87. The van der Waals surface area contributed by atoms with Gasteiger partial charge in [-0.1, -0.05) is 6.07 Å². The zero-order valence-corrected chi connectivity index (χ0v) is 10.9. The summed E-state index contributed by atoms with van der Waals surface area (Å²) in [6, 6.07) is 5.98. The monoisotopic (exact) mass is 246 g/mol. The molecular weight excluding hydrogens is 228 g/mol. The van der Waals surface area contributed by atoms with E-state index in [-0.39, 0.29) is 6.61 Å². The molecule has 0 spiro atoms. The van der Waals surface area contributed by atoms with Gasteiger partial charge >= 0.3 is 0 Å². The van der Waals surface area contributed by atoms with Gasteiger partial charge in [0.25, 0.3) is 0 Å². The lowest BCUT2D eigenvalue weighted by atomic mass is 10.1. The summed E-state index contributed by atoms with van der Waals surface area (Å²) >= 11 is 0. The Labute approximate surface area is 107 Å². The number of aromatic nitrogens is 2. The molecule has 0 bridgehead atoms. The SMILES string of the molecule is COc1ccc(CO)cc1-c1cnn(C(C)C)c1. The largest absolute Gasteiger partial charge is 0.496 e. The van der Waals surface area contributed by atoms with Crippen LogP contribution in [0.1, 0.15) is 25.5 Å². The van der Waals surface area contributed by atoms with Crippen molar-refractivity contribution in [2.75, 3.05) is 7.11 Å². The number of nitrogens with zero attached hydrogens (tertiary/aromatic N) is 2. The molecule has 0 aliphatic carbocycles. The van der Waals surface area contributed by atoms with E-state index in [1.165, 1.54) is 0 Å². The molecule has 0 saturated heterocycles. The molecule has 0 radical (unpaired) electrons. The smallest absolute Gasteiger partial charge is 0.126 e. The first-order valence-electron chi connectivity index (χ1n) is 5.98. The van der Waals surface area contributed by atoms with Crippen molar-refractivity contribution in [1.29, 1.82) is 0 Å². The van der Waals surface area contributed by atoms with Crippen molar-refractivity contribution in [2.24, 2.45) is 0 Å². The summed E-state index contributed by atoms with van der Waals surface area (Å²) in [6.45, 7) is 4.19. The van der Waals surface area contributed by atoms with Crippen molar-refractivity contribution in [3.63, 3.8) is 0 Å². The minimum Gasteiger partial charge on any atom is -0.496 e. The van der Waals surface area contributed by atoms with Crippen LogP contribution in [0.3, 0.4) is 0 Å². The highest BCUT2D eigenvalue weighted by Gasteiger charge is 2.10. The third-order valence-electron chi connectivity index (χ3n) is 2.89. The molecule has 0 fully saturated rings. The summed E-state index contributed by atoms with van der Waals surface area (Å²) in [5.74, 6) is 0.788. The Hall–Kier alpha value is -1.81. The molecule has 4 heteroatoms. The van der Waals surface area contributed by atoms with Gasteiger partial charge < -0.3 is 9.84 Å². The van der Waals surface area contributed by atoms with E-state index in [1.54, 1.807) is 7.11 Å². The molecule has 1 N–H and O–H groups in total. The van der Waals surface area contributed by atoms with Crippen molar-refractivity contribution in [2.45, 2.75) is 26.5 Å². The first-order valence-corrected chi connectivity index (χ1v) is 5.98. The van der Waals surface area contributed by atoms with Crippen molar-refractivity contribution in [3.8, 4) is 16.9 Å². The van der Waals surface area contributed by atoms with Crippen molar-refractivity contribution in [3.05, 3.63) is 36.2 Å². The van der Waals surface area contributed by atoms with Crippen molar-refractivity contribution >= 4 is 0 Å². The van der Waals surface area contributed by atoms with Crippen LogP contribution < -0.4 is 4.74 Å². The Morgan fingerprint density at radius 3 is 2.72 bits per heavy atom. The zero-order chi connectivity index (χ0) is 13.1. The van der Waals surface area contributed by atoms with E-state index in [4.69, 9.17) is 4.74 Å². The van der Waals surface area contributed by atoms with Gasteiger partial charge in [0.2, 0.25) is 0 Å². The molecule has 1 aromatic carbocycles.